The van der Waals surface area contributed by atoms with E-state index in [2.05, 4.69) is 0 Å². The molecule has 0 aromatic heterocycles. The lowest BCUT2D eigenvalue weighted by Crippen LogP contribution is -2.19. The number of carbonyl (C=O) groups is 3. The van der Waals surface area contributed by atoms with E-state index in [1.54, 1.807) is 0 Å². The predicted octanol–water partition coefficient (Wildman–Crippen LogP) is 2.61. The quantitative estimate of drug-likeness (QED) is 0.538. The van der Waals surface area contributed by atoms with E-state index in [0.717, 1.165) is 0 Å². The van der Waals surface area contributed by atoms with Gasteiger partial charge in [-0.15, -0.1) is 0 Å². The molecule has 20 heavy (non-hydrogen) atoms. The van der Waals surface area contributed by atoms with Gasteiger partial charge in [0.15, 0.2) is 0 Å². The van der Waals surface area contributed by atoms with Gasteiger partial charge in [0.25, 0.3) is 0 Å². The van der Waals surface area contributed by atoms with E-state index in [0.29, 0.717) is 25.7 Å². The van der Waals surface area contributed by atoms with Gasteiger partial charge in [-0.05, 0) is 37.0 Å². The zero-order chi connectivity index (χ0) is 15.8. The van der Waals surface area contributed by atoms with Gasteiger partial charge in [0.05, 0.1) is 6.42 Å². The van der Waals surface area contributed by atoms with Gasteiger partial charge in [0, 0.05) is 12.8 Å². The highest BCUT2D eigenvalue weighted by molar-refractivity contribution is 5.68. The van der Waals surface area contributed by atoms with Crippen LogP contribution in [0.4, 0.5) is 0 Å². The normalized spacial score (nSPS) is 11.6. The van der Waals surface area contributed by atoms with E-state index >= 15 is 0 Å². The van der Waals surface area contributed by atoms with E-state index in [4.69, 9.17) is 15.3 Å². The molecule has 0 heterocycles. The summed E-state index contributed by atoms with van der Waals surface area (Å²) in [5.74, 6) is -2.64. The maximum Gasteiger partial charge on any atom is 0.303 e. The fraction of sp³-hybridized carbons (Fsp3) is 0.786. The minimum atomic E-state index is -0.893. The zero-order valence-corrected chi connectivity index (χ0v) is 12.1. The Morgan fingerprint density at radius 2 is 1.30 bits per heavy atom. The molecule has 0 amide bonds. The highest BCUT2D eigenvalue weighted by Crippen LogP contribution is 2.31. The molecule has 0 atom stereocenters. The van der Waals surface area contributed by atoms with Gasteiger partial charge in [-0.1, -0.05) is 13.8 Å². The summed E-state index contributed by atoms with van der Waals surface area (Å²) in [7, 11) is 0. The molecule has 0 aromatic carbocycles. The van der Waals surface area contributed by atoms with Gasteiger partial charge in [0.1, 0.15) is 0 Å². The Labute approximate surface area is 118 Å². The van der Waals surface area contributed by atoms with Crippen molar-refractivity contribution in [2.24, 2.45) is 11.3 Å². The first-order valence-corrected chi connectivity index (χ1v) is 6.78. The number of hydrogen-bond donors (Lipinski definition) is 3. The molecule has 0 unspecified atom stereocenters. The summed E-state index contributed by atoms with van der Waals surface area (Å²) in [6.45, 7) is 3.71. The average Bonchev–Trinajstić information content (AvgIpc) is 2.25. The third-order valence-corrected chi connectivity index (χ3v) is 3.39. The van der Waals surface area contributed by atoms with Crippen LogP contribution in [0.2, 0.25) is 0 Å². The fourth-order valence-corrected chi connectivity index (χ4v) is 2.18. The highest BCUT2D eigenvalue weighted by Gasteiger charge is 2.23. The number of carboxylic acid groups (broad SMARTS) is 3. The Kier molecular flexibility index (Phi) is 7.87. The van der Waals surface area contributed by atoms with Gasteiger partial charge in [-0.3, -0.25) is 14.4 Å². The molecule has 0 aliphatic carbocycles. The largest absolute Gasteiger partial charge is 0.481 e. The third-order valence-electron chi connectivity index (χ3n) is 3.39. The number of carboxylic acids is 3. The minimum absolute atomic E-state index is 0.00951. The van der Waals surface area contributed by atoms with Crippen LogP contribution in [0.15, 0.2) is 0 Å². The van der Waals surface area contributed by atoms with E-state index in [9.17, 15) is 14.4 Å². The van der Waals surface area contributed by atoms with E-state index < -0.39 is 17.9 Å². The summed E-state index contributed by atoms with van der Waals surface area (Å²) in [6.07, 6.45) is 2.26. The lowest BCUT2D eigenvalue weighted by Gasteiger charge is -2.25. The Morgan fingerprint density at radius 3 is 1.65 bits per heavy atom. The van der Waals surface area contributed by atoms with Crippen molar-refractivity contribution in [3.63, 3.8) is 0 Å². The Bertz CT molecular complexity index is 330. The molecular formula is C14H24O6. The van der Waals surface area contributed by atoms with Crippen LogP contribution in [0.5, 0.6) is 0 Å². The van der Waals surface area contributed by atoms with Crippen molar-refractivity contribution in [2.45, 2.75) is 58.8 Å². The molecule has 0 saturated heterocycles. The van der Waals surface area contributed by atoms with Crippen LogP contribution in [0.1, 0.15) is 58.8 Å². The lowest BCUT2D eigenvalue weighted by atomic mass is 9.80. The SMILES string of the molecule is CC(C)(CCC(CCC(=O)O)CCC(=O)O)CC(=O)O. The highest BCUT2D eigenvalue weighted by atomic mass is 16.4. The van der Waals surface area contributed by atoms with Crippen molar-refractivity contribution in [1.82, 2.24) is 0 Å². The molecule has 0 saturated carbocycles. The summed E-state index contributed by atoms with van der Waals surface area (Å²) in [6, 6.07) is 0. The summed E-state index contributed by atoms with van der Waals surface area (Å²) >= 11 is 0. The summed E-state index contributed by atoms with van der Waals surface area (Å²) in [5.41, 5.74) is -0.365. The van der Waals surface area contributed by atoms with Gasteiger partial charge < -0.3 is 15.3 Å². The first-order chi connectivity index (χ1) is 9.12. The Hall–Kier alpha value is -1.59. The van der Waals surface area contributed by atoms with E-state index in [-0.39, 0.29) is 30.6 Å². The maximum absolute atomic E-state index is 10.7. The first-order valence-electron chi connectivity index (χ1n) is 6.78. The van der Waals surface area contributed by atoms with Crippen LogP contribution >= 0.6 is 0 Å². The van der Waals surface area contributed by atoms with Crippen LogP contribution in [0.3, 0.4) is 0 Å². The van der Waals surface area contributed by atoms with Crippen LogP contribution in [0, 0.1) is 11.3 Å². The standard InChI is InChI=1S/C14H24O6/c1-14(2,9-13(19)20)8-7-10(3-5-11(15)16)4-6-12(17)18/h10H,3-9H2,1-2H3,(H,15,16)(H,17,18)(H,19,20). The predicted molar refractivity (Wildman–Crippen MR) is 72.5 cm³/mol. The van der Waals surface area contributed by atoms with Crippen molar-refractivity contribution >= 4 is 17.9 Å². The molecule has 0 aromatic rings. The van der Waals surface area contributed by atoms with Crippen LogP contribution < -0.4 is 0 Å². The van der Waals surface area contributed by atoms with Gasteiger partial charge >= 0.3 is 17.9 Å². The molecule has 0 fully saturated rings. The van der Waals surface area contributed by atoms with Crippen molar-refractivity contribution in [3.8, 4) is 0 Å². The molecule has 0 aliphatic heterocycles. The maximum atomic E-state index is 10.7. The van der Waals surface area contributed by atoms with Crippen LogP contribution in [-0.4, -0.2) is 33.2 Å². The fourth-order valence-electron chi connectivity index (χ4n) is 2.18. The average molecular weight is 288 g/mol. The second-order valence-electron chi connectivity index (χ2n) is 6.00. The second kappa shape index (κ2) is 8.55. The van der Waals surface area contributed by atoms with Crippen molar-refractivity contribution in [1.29, 1.82) is 0 Å². The van der Waals surface area contributed by atoms with Gasteiger partial charge in [-0.2, -0.15) is 0 Å². The monoisotopic (exact) mass is 288 g/mol. The van der Waals surface area contributed by atoms with Crippen molar-refractivity contribution in [2.75, 3.05) is 0 Å². The van der Waals surface area contributed by atoms with Gasteiger partial charge in [0.2, 0.25) is 0 Å². The number of hydrogen-bond acceptors (Lipinski definition) is 3. The molecule has 6 heteroatoms. The summed E-state index contributed by atoms with van der Waals surface area (Å²) < 4.78 is 0. The molecule has 0 aliphatic rings. The Balaban J connectivity index is 4.35. The third kappa shape index (κ3) is 10.3. The summed E-state index contributed by atoms with van der Waals surface area (Å²) in [5, 5.41) is 26.2. The van der Waals surface area contributed by atoms with Crippen LogP contribution in [-0.2, 0) is 14.4 Å². The molecule has 116 valence electrons. The van der Waals surface area contributed by atoms with Crippen molar-refractivity contribution in [3.05, 3.63) is 0 Å². The van der Waals surface area contributed by atoms with Crippen molar-refractivity contribution < 1.29 is 29.7 Å². The topological polar surface area (TPSA) is 112 Å². The molecule has 0 radical (unpaired) electrons. The van der Waals surface area contributed by atoms with E-state index in [1.165, 1.54) is 0 Å². The first kappa shape index (κ1) is 18.4. The Morgan fingerprint density at radius 1 is 0.850 bits per heavy atom. The summed E-state index contributed by atoms with van der Waals surface area (Å²) in [4.78, 5) is 31.9. The minimum Gasteiger partial charge on any atom is -0.481 e. The zero-order valence-electron chi connectivity index (χ0n) is 12.1. The second-order valence-corrected chi connectivity index (χ2v) is 6.00. The molecule has 0 bridgehead atoms. The number of aliphatic carboxylic acids is 3. The van der Waals surface area contributed by atoms with E-state index in [1.807, 2.05) is 13.8 Å². The smallest absolute Gasteiger partial charge is 0.303 e. The molecular weight excluding hydrogens is 264 g/mol. The molecule has 0 rings (SSSR count). The van der Waals surface area contributed by atoms with Gasteiger partial charge in [-0.25, -0.2) is 0 Å². The molecule has 0 spiro atoms. The molecule has 3 N–H and O–H groups in total. The molecule has 6 nitrogen and oxygen atoms in total. The number of rotatable bonds is 11. The lowest BCUT2D eigenvalue weighted by molar-refractivity contribution is -0.139. The van der Waals surface area contributed by atoms with Crippen LogP contribution in [0.25, 0.3) is 0 Å².